The summed E-state index contributed by atoms with van der Waals surface area (Å²) in [6, 6.07) is 2.70. The van der Waals surface area contributed by atoms with Gasteiger partial charge in [-0.25, -0.2) is 4.39 Å². The number of carbonyl (C=O) groups is 1. The van der Waals surface area contributed by atoms with E-state index in [4.69, 9.17) is 0 Å². The first-order valence-electron chi connectivity index (χ1n) is 13.1. The first kappa shape index (κ1) is 26.1. The number of alkyl halides is 3. The van der Waals surface area contributed by atoms with E-state index < -0.39 is 17.6 Å². The summed E-state index contributed by atoms with van der Waals surface area (Å²) in [6.07, 6.45) is 8.29. The fourth-order valence-corrected chi connectivity index (χ4v) is 5.66. The first-order valence-corrected chi connectivity index (χ1v) is 13.1. The van der Waals surface area contributed by atoms with E-state index in [9.17, 15) is 22.4 Å². The van der Waals surface area contributed by atoms with Crippen molar-refractivity contribution < 1.29 is 22.4 Å². The maximum atomic E-state index is 14.2. The van der Waals surface area contributed by atoms with Gasteiger partial charge in [0.2, 0.25) is 0 Å². The highest BCUT2D eigenvalue weighted by atomic mass is 19.4. The number of benzene rings is 1. The maximum Gasteiger partial charge on any atom is 0.416 e. The number of piperazine rings is 1. The van der Waals surface area contributed by atoms with E-state index in [2.05, 4.69) is 22.4 Å². The van der Waals surface area contributed by atoms with Gasteiger partial charge in [-0.05, 0) is 88.1 Å². The Morgan fingerprint density at radius 3 is 2.46 bits per heavy atom. The van der Waals surface area contributed by atoms with Crippen molar-refractivity contribution >= 4 is 11.5 Å². The zero-order valence-corrected chi connectivity index (χ0v) is 20.3. The zero-order valence-electron chi connectivity index (χ0n) is 20.3. The molecule has 1 atom stereocenters. The summed E-state index contributed by atoms with van der Waals surface area (Å²) in [6.45, 7) is 4.46. The monoisotopic (exact) mass is 495 g/mol. The van der Waals surface area contributed by atoms with Crippen molar-refractivity contribution in [2.24, 2.45) is 11.8 Å². The number of nitrogens with zero attached hydrogens (tertiary/aromatic N) is 2. The van der Waals surface area contributed by atoms with Gasteiger partial charge in [-0.2, -0.15) is 13.2 Å². The van der Waals surface area contributed by atoms with E-state index in [0.29, 0.717) is 37.1 Å². The molecule has 35 heavy (non-hydrogen) atoms. The first-order chi connectivity index (χ1) is 16.8. The topological polar surface area (TPSA) is 35.6 Å². The van der Waals surface area contributed by atoms with Crippen LogP contribution in [0.1, 0.15) is 56.9 Å². The van der Waals surface area contributed by atoms with Crippen LogP contribution >= 0.6 is 0 Å². The third-order valence-electron chi connectivity index (χ3n) is 7.91. The van der Waals surface area contributed by atoms with Crippen molar-refractivity contribution in [3.8, 4) is 0 Å². The lowest BCUT2D eigenvalue weighted by Gasteiger charge is -2.37. The Kier molecular flexibility index (Phi) is 8.87. The molecule has 4 rings (SSSR count). The van der Waals surface area contributed by atoms with Crippen LogP contribution in [-0.4, -0.2) is 56.0 Å². The van der Waals surface area contributed by atoms with Crippen LogP contribution in [0.25, 0.3) is 0 Å². The number of anilines is 1. The summed E-state index contributed by atoms with van der Waals surface area (Å²) >= 11 is 0. The van der Waals surface area contributed by atoms with Gasteiger partial charge in [-0.3, -0.25) is 9.69 Å². The van der Waals surface area contributed by atoms with Gasteiger partial charge in [-0.1, -0.05) is 12.2 Å². The molecule has 1 unspecified atom stereocenters. The van der Waals surface area contributed by atoms with E-state index >= 15 is 0 Å². The Labute approximate surface area is 205 Å². The van der Waals surface area contributed by atoms with Gasteiger partial charge in [0.05, 0.1) is 17.3 Å². The normalized spacial score (nSPS) is 26.5. The number of rotatable bonds is 8. The highest BCUT2D eigenvalue weighted by Gasteiger charge is 2.32. The summed E-state index contributed by atoms with van der Waals surface area (Å²) < 4.78 is 53.2. The third kappa shape index (κ3) is 7.29. The molecule has 2 aliphatic heterocycles. The minimum Gasteiger partial charge on any atom is -0.367 e. The van der Waals surface area contributed by atoms with Crippen LogP contribution in [0.2, 0.25) is 0 Å². The number of hydrogen-bond donors (Lipinski definition) is 1. The second-order valence-electron chi connectivity index (χ2n) is 10.3. The lowest BCUT2D eigenvalue weighted by Crippen LogP contribution is -2.47. The molecule has 1 aliphatic carbocycles. The van der Waals surface area contributed by atoms with Crippen molar-refractivity contribution in [3.63, 3.8) is 0 Å². The molecule has 0 bridgehead atoms. The number of halogens is 4. The van der Waals surface area contributed by atoms with Crippen LogP contribution in [0.5, 0.6) is 0 Å². The van der Waals surface area contributed by atoms with Crippen LogP contribution in [0, 0.1) is 17.7 Å². The third-order valence-corrected chi connectivity index (χ3v) is 7.91. The molecule has 0 spiro atoms. The highest BCUT2D eigenvalue weighted by Crippen LogP contribution is 2.34. The minimum absolute atomic E-state index is 0.0482. The van der Waals surface area contributed by atoms with Gasteiger partial charge in [0.25, 0.3) is 0 Å². The largest absolute Gasteiger partial charge is 0.416 e. The molecular formula is C27H37F4N3O. The van der Waals surface area contributed by atoms with Gasteiger partial charge >= 0.3 is 6.18 Å². The van der Waals surface area contributed by atoms with Crippen molar-refractivity contribution in [1.29, 1.82) is 0 Å². The molecule has 1 aromatic rings. The highest BCUT2D eigenvalue weighted by molar-refractivity contribution is 5.85. The molecule has 0 amide bonds. The molecule has 8 heteroatoms. The fraction of sp³-hybridized carbons (Fsp3) is 0.667. The minimum atomic E-state index is -4.47. The molecule has 1 saturated carbocycles. The predicted molar refractivity (Wildman–Crippen MR) is 130 cm³/mol. The average molecular weight is 496 g/mol. The Hall–Kier alpha value is -1.93. The number of Topliss-reactive ketones (excluding diaryl/α,β-unsaturated/α-hetero) is 1. The molecule has 1 N–H and O–H groups in total. The molecule has 0 aromatic heterocycles. The quantitative estimate of drug-likeness (QED) is 0.385. The summed E-state index contributed by atoms with van der Waals surface area (Å²) in [5.41, 5.74) is -0.758. The number of allylic oxidation sites excluding steroid dienone is 2. The molecule has 2 heterocycles. The lowest BCUT2D eigenvalue weighted by atomic mass is 9.80. The van der Waals surface area contributed by atoms with Crippen molar-refractivity contribution in [2.75, 3.05) is 44.2 Å². The van der Waals surface area contributed by atoms with Crippen LogP contribution in [0.15, 0.2) is 30.4 Å². The van der Waals surface area contributed by atoms with E-state index in [-0.39, 0.29) is 11.7 Å². The van der Waals surface area contributed by atoms with E-state index in [0.717, 1.165) is 63.6 Å². The van der Waals surface area contributed by atoms with Gasteiger partial charge in [0.1, 0.15) is 5.82 Å². The van der Waals surface area contributed by atoms with Crippen LogP contribution in [0.4, 0.5) is 23.2 Å². The van der Waals surface area contributed by atoms with Gasteiger partial charge in [0.15, 0.2) is 5.78 Å². The molecule has 3 aliphatic rings. The Balaban J connectivity index is 1.14. The summed E-state index contributed by atoms with van der Waals surface area (Å²) in [7, 11) is 0. The van der Waals surface area contributed by atoms with Crippen LogP contribution in [0.3, 0.4) is 0 Å². The lowest BCUT2D eigenvalue weighted by molar-refractivity contribution is -0.137. The van der Waals surface area contributed by atoms with Gasteiger partial charge < -0.3 is 10.2 Å². The molecule has 2 saturated heterocycles. The second kappa shape index (κ2) is 11.9. The van der Waals surface area contributed by atoms with Crippen molar-refractivity contribution in [3.05, 3.63) is 41.7 Å². The van der Waals surface area contributed by atoms with Gasteiger partial charge in [-0.15, -0.1) is 0 Å². The Bertz CT molecular complexity index is 866. The fourth-order valence-electron chi connectivity index (χ4n) is 5.66. The van der Waals surface area contributed by atoms with E-state index in [1.807, 2.05) is 0 Å². The molecule has 1 aromatic carbocycles. The van der Waals surface area contributed by atoms with Crippen LogP contribution < -0.4 is 10.2 Å². The molecule has 0 radical (unpaired) electrons. The SMILES string of the molecule is O=C(C/C=C/C1CCC(CCN2CCN(c3cc(C(F)(F)F)ccc3F)CC2)CC1)C1CCCN1. The summed E-state index contributed by atoms with van der Waals surface area (Å²) in [5, 5.41) is 3.26. The van der Waals surface area contributed by atoms with Gasteiger partial charge in [0, 0.05) is 32.6 Å². The Morgan fingerprint density at radius 2 is 1.80 bits per heavy atom. The molecule has 194 valence electrons. The zero-order chi connectivity index (χ0) is 24.8. The molecular weight excluding hydrogens is 458 g/mol. The van der Waals surface area contributed by atoms with Crippen LogP contribution in [-0.2, 0) is 11.0 Å². The standard InChI is InChI=1S/C27H37F4N3O/c28-23-11-10-22(27(29,30)31)19-25(23)34-17-15-33(16-18-34)14-12-21-8-6-20(7-9-21)3-1-5-26(35)24-4-2-13-32-24/h1,3,10-11,19-21,24,32H,2,4-9,12-18H2/b3-1+. The molecule has 3 fully saturated rings. The number of nitrogens with one attached hydrogen (secondary N) is 1. The second-order valence-corrected chi connectivity index (χ2v) is 10.3. The van der Waals surface area contributed by atoms with Crippen molar-refractivity contribution in [1.82, 2.24) is 10.2 Å². The number of ketones is 1. The number of hydrogen-bond acceptors (Lipinski definition) is 4. The smallest absolute Gasteiger partial charge is 0.367 e. The maximum absolute atomic E-state index is 14.2. The van der Waals surface area contributed by atoms with E-state index in [1.54, 1.807) is 4.90 Å². The summed E-state index contributed by atoms with van der Waals surface area (Å²) in [5.74, 6) is 0.976. The Morgan fingerprint density at radius 1 is 1.06 bits per heavy atom. The number of carbonyl (C=O) groups excluding carboxylic acids is 1. The molecule has 4 nitrogen and oxygen atoms in total. The van der Waals surface area contributed by atoms with E-state index in [1.165, 1.54) is 25.7 Å². The average Bonchev–Trinajstić information content (AvgIpc) is 3.39. The summed E-state index contributed by atoms with van der Waals surface area (Å²) in [4.78, 5) is 16.2. The predicted octanol–water partition coefficient (Wildman–Crippen LogP) is 5.43. The van der Waals surface area contributed by atoms with Crippen molar-refractivity contribution in [2.45, 2.75) is 63.6 Å².